The van der Waals surface area contributed by atoms with Crippen LogP contribution in [0.15, 0.2) is 65.6 Å². The van der Waals surface area contributed by atoms with Crippen LogP contribution in [-0.2, 0) is 27.7 Å². The summed E-state index contributed by atoms with van der Waals surface area (Å²) in [5.74, 6) is -0.214. The number of benzene rings is 3. The zero-order valence-electron chi connectivity index (χ0n) is 20.6. The van der Waals surface area contributed by atoms with Gasteiger partial charge in [0.15, 0.2) is 11.5 Å². The Labute approximate surface area is 216 Å². The number of amides is 1. The van der Waals surface area contributed by atoms with Crippen molar-refractivity contribution in [3.05, 3.63) is 83.2 Å². The number of rotatable bonds is 7. The minimum absolute atomic E-state index is 0.0587. The second-order valence-electron chi connectivity index (χ2n) is 9.32. The van der Waals surface area contributed by atoms with Crippen molar-refractivity contribution in [1.29, 1.82) is 0 Å². The van der Waals surface area contributed by atoms with E-state index in [2.05, 4.69) is 17.4 Å². The van der Waals surface area contributed by atoms with Crippen LogP contribution in [0, 0.1) is 5.82 Å². The third-order valence-corrected chi connectivity index (χ3v) is 8.52. The Hall–Kier alpha value is -3.59. The smallest absolute Gasteiger partial charge is 0.264 e. The number of ether oxygens (including phenoxy) is 2. The second kappa shape index (κ2) is 10.4. The van der Waals surface area contributed by atoms with Crippen molar-refractivity contribution in [2.45, 2.75) is 43.5 Å². The predicted octanol–water partition coefficient (Wildman–Crippen LogP) is 4.55. The van der Waals surface area contributed by atoms with Gasteiger partial charge in [0, 0.05) is 6.07 Å². The van der Waals surface area contributed by atoms with Gasteiger partial charge in [-0.25, -0.2) is 12.8 Å². The molecule has 1 aliphatic heterocycles. The van der Waals surface area contributed by atoms with E-state index in [0.29, 0.717) is 24.7 Å². The van der Waals surface area contributed by atoms with Crippen LogP contribution in [0.1, 0.15) is 42.5 Å². The molecule has 0 aromatic heterocycles. The Morgan fingerprint density at radius 2 is 1.65 bits per heavy atom. The molecule has 37 heavy (non-hydrogen) atoms. The molecule has 0 bridgehead atoms. The number of fused-ring (bicyclic) bond motifs is 2. The van der Waals surface area contributed by atoms with Crippen LogP contribution in [0.3, 0.4) is 0 Å². The van der Waals surface area contributed by atoms with Crippen LogP contribution in [0.2, 0.25) is 0 Å². The Bertz CT molecular complexity index is 1410. The Balaban J connectivity index is 1.39. The van der Waals surface area contributed by atoms with E-state index >= 15 is 0 Å². The molecule has 7 nitrogen and oxygen atoms in total. The fourth-order valence-corrected chi connectivity index (χ4v) is 6.19. The van der Waals surface area contributed by atoms with Crippen molar-refractivity contribution < 1.29 is 27.1 Å². The van der Waals surface area contributed by atoms with Crippen LogP contribution in [0.25, 0.3) is 0 Å². The third kappa shape index (κ3) is 5.41. The van der Waals surface area contributed by atoms with Gasteiger partial charge in [0.1, 0.15) is 25.6 Å². The minimum Gasteiger partial charge on any atom is -0.486 e. The molecule has 9 heteroatoms. The maximum absolute atomic E-state index is 13.7. The van der Waals surface area contributed by atoms with Crippen LogP contribution in [0.4, 0.5) is 10.1 Å². The average Bonchev–Trinajstić information content (AvgIpc) is 2.91. The molecule has 3 aromatic rings. The highest BCUT2D eigenvalue weighted by molar-refractivity contribution is 7.92. The molecule has 1 atom stereocenters. The molecule has 1 amide bonds. The summed E-state index contributed by atoms with van der Waals surface area (Å²) in [6, 6.07) is 15.3. The van der Waals surface area contributed by atoms with E-state index in [1.54, 1.807) is 0 Å². The zero-order chi connectivity index (χ0) is 26.0. The Morgan fingerprint density at radius 1 is 0.946 bits per heavy atom. The zero-order valence-corrected chi connectivity index (χ0v) is 21.4. The molecule has 0 unspecified atom stereocenters. The summed E-state index contributed by atoms with van der Waals surface area (Å²) in [6.45, 7) is 2.09. The molecular formula is C28H29FN2O5S. The van der Waals surface area contributed by atoms with Gasteiger partial charge in [0.2, 0.25) is 5.91 Å². The highest BCUT2D eigenvalue weighted by Gasteiger charge is 2.29. The lowest BCUT2D eigenvalue weighted by atomic mass is 9.89. The summed E-state index contributed by atoms with van der Waals surface area (Å²) in [5, 5.41) is 2.92. The summed E-state index contributed by atoms with van der Waals surface area (Å²) in [7, 11) is -4.19. The van der Waals surface area contributed by atoms with Crippen LogP contribution < -0.4 is 19.1 Å². The Kier molecular flexibility index (Phi) is 7.06. The molecule has 0 saturated carbocycles. The van der Waals surface area contributed by atoms with Gasteiger partial charge < -0.3 is 14.8 Å². The van der Waals surface area contributed by atoms with Gasteiger partial charge in [-0.1, -0.05) is 18.2 Å². The van der Waals surface area contributed by atoms with Crippen LogP contribution in [0.5, 0.6) is 11.5 Å². The quantitative estimate of drug-likeness (QED) is 0.490. The van der Waals surface area contributed by atoms with Gasteiger partial charge in [-0.15, -0.1) is 0 Å². The number of carbonyl (C=O) groups excluding carboxylic acids is 1. The number of nitrogens with one attached hydrogen (secondary N) is 1. The van der Waals surface area contributed by atoms with Crippen molar-refractivity contribution in [1.82, 2.24) is 5.32 Å². The molecular weight excluding hydrogens is 495 g/mol. The van der Waals surface area contributed by atoms with Crippen LogP contribution in [-0.4, -0.2) is 34.1 Å². The number of aryl methyl sites for hydroxylation is 2. The molecule has 194 valence electrons. The number of hydrogen-bond acceptors (Lipinski definition) is 5. The van der Waals surface area contributed by atoms with Gasteiger partial charge in [-0.3, -0.25) is 9.10 Å². The van der Waals surface area contributed by atoms with E-state index in [-0.39, 0.29) is 16.6 Å². The van der Waals surface area contributed by atoms with E-state index in [9.17, 15) is 17.6 Å². The SMILES string of the molecule is C[C@@H](NC(=O)CN(c1ccc(F)cc1)S(=O)(=O)c1ccc2c(c1)OCCO2)c1ccc2c(c1)CCCC2. The normalized spacial score (nSPS) is 15.4. The maximum atomic E-state index is 13.7. The van der Waals surface area contributed by atoms with Crippen molar-refractivity contribution in [3.63, 3.8) is 0 Å². The van der Waals surface area contributed by atoms with Gasteiger partial charge in [-0.2, -0.15) is 0 Å². The first-order valence-electron chi connectivity index (χ1n) is 12.4. The topological polar surface area (TPSA) is 84.9 Å². The fourth-order valence-electron chi connectivity index (χ4n) is 4.76. The molecule has 1 heterocycles. The van der Waals surface area contributed by atoms with Gasteiger partial charge in [-0.05, 0) is 85.7 Å². The number of nitrogens with zero attached hydrogens (tertiary/aromatic N) is 1. The summed E-state index contributed by atoms with van der Waals surface area (Å²) in [5.41, 5.74) is 3.80. The first-order chi connectivity index (χ1) is 17.8. The average molecular weight is 525 g/mol. The van der Waals surface area contributed by atoms with E-state index < -0.39 is 28.3 Å². The molecule has 0 fully saturated rings. The summed E-state index contributed by atoms with van der Waals surface area (Å²) in [4.78, 5) is 13.1. The number of halogens is 1. The molecule has 1 aliphatic carbocycles. The Morgan fingerprint density at radius 3 is 2.41 bits per heavy atom. The first kappa shape index (κ1) is 25.1. The number of carbonyl (C=O) groups is 1. The highest BCUT2D eigenvalue weighted by atomic mass is 32.2. The van der Waals surface area contributed by atoms with Crippen LogP contribution >= 0.6 is 0 Å². The molecule has 2 aliphatic rings. The van der Waals surface area contributed by atoms with E-state index in [0.717, 1.165) is 41.3 Å². The predicted molar refractivity (Wildman–Crippen MR) is 138 cm³/mol. The number of sulfonamides is 1. The van der Waals surface area contributed by atoms with E-state index in [1.807, 2.05) is 13.0 Å². The maximum Gasteiger partial charge on any atom is 0.264 e. The molecule has 0 radical (unpaired) electrons. The number of hydrogen-bond donors (Lipinski definition) is 1. The lowest BCUT2D eigenvalue weighted by Gasteiger charge is -2.26. The minimum atomic E-state index is -4.19. The largest absolute Gasteiger partial charge is 0.486 e. The van der Waals surface area contributed by atoms with Crippen molar-refractivity contribution in [2.75, 3.05) is 24.1 Å². The van der Waals surface area contributed by atoms with Crippen molar-refractivity contribution in [2.24, 2.45) is 0 Å². The summed E-state index contributed by atoms with van der Waals surface area (Å²) in [6.07, 6.45) is 4.44. The highest BCUT2D eigenvalue weighted by Crippen LogP contribution is 2.34. The van der Waals surface area contributed by atoms with E-state index in [1.165, 1.54) is 47.9 Å². The van der Waals surface area contributed by atoms with Crippen molar-refractivity contribution in [3.8, 4) is 11.5 Å². The van der Waals surface area contributed by atoms with E-state index in [4.69, 9.17) is 9.47 Å². The molecule has 1 N–H and O–H groups in total. The first-order valence-corrected chi connectivity index (χ1v) is 13.8. The fraction of sp³-hybridized carbons (Fsp3) is 0.321. The molecule has 0 spiro atoms. The van der Waals surface area contributed by atoms with Crippen molar-refractivity contribution >= 4 is 21.6 Å². The second-order valence-corrected chi connectivity index (χ2v) is 11.2. The lowest BCUT2D eigenvalue weighted by Crippen LogP contribution is -2.41. The third-order valence-electron chi connectivity index (χ3n) is 6.75. The molecule has 5 rings (SSSR count). The lowest BCUT2D eigenvalue weighted by molar-refractivity contribution is -0.120. The van der Waals surface area contributed by atoms with Gasteiger partial charge in [0.05, 0.1) is 16.6 Å². The standard InChI is InChI=1S/C28H29FN2O5S/c1-19(21-7-6-20-4-2-3-5-22(20)16-21)30-28(32)18-31(24-10-8-23(29)9-11-24)37(33,34)25-12-13-26-27(17-25)36-15-14-35-26/h6-13,16-17,19H,2-5,14-15,18H2,1H3,(H,30,32)/t19-/m1/s1. The van der Waals surface area contributed by atoms with Gasteiger partial charge in [0.25, 0.3) is 10.0 Å². The number of anilines is 1. The van der Waals surface area contributed by atoms with Gasteiger partial charge >= 0.3 is 0 Å². The molecule has 0 saturated heterocycles. The summed E-state index contributed by atoms with van der Waals surface area (Å²) < 4.78 is 53.1. The molecule has 3 aromatic carbocycles. The summed E-state index contributed by atoms with van der Waals surface area (Å²) >= 11 is 0. The monoisotopic (exact) mass is 524 g/mol.